The molecule has 1 aromatic rings. The molecule has 4 fully saturated rings. The molecule has 39 heavy (non-hydrogen) atoms. The highest BCUT2D eigenvalue weighted by molar-refractivity contribution is 7.89. The van der Waals surface area contributed by atoms with Crippen LogP contribution >= 0.6 is 11.6 Å². The van der Waals surface area contributed by atoms with Gasteiger partial charge in [-0.05, 0) is 80.9 Å². The van der Waals surface area contributed by atoms with Crippen LogP contribution in [0.25, 0.3) is 0 Å². The Morgan fingerprint density at radius 3 is 2.59 bits per heavy atom. The summed E-state index contributed by atoms with van der Waals surface area (Å²) in [7, 11) is -3.20. The van der Waals surface area contributed by atoms with E-state index in [4.69, 9.17) is 22.1 Å². The molecule has 4 aliphatic rings. The second-order valence-electron chi connectivity index (χ2n) is 12.1. The molecule has 7 atom stereocenters. The van der Waals surface area contributed by atoms with Gasteiger partial charge in [0.15, 0.2) is 0 Å². The van der Waals surface area contributed by atoms with E-state index in [1.165, 1.54) is 0 Å². The second-order valence-corrected chi connectivity index (χ2v) is 14.6. The second kappa shape index (κ2) is 13.2. The number of nitrogens with one attached hydrogen (secondary N) is 2. The van der Waals surface area contributed by atoms with Crippen LogP contribution in [0.5, 0.6) is 0 Å². The van der Waals surface area contributed by atoms with Gasteiger partial charge in [-0.2, -0.15) is 4.31 Å². The number of halogens is 1. The van der Waals surface area contributed by atoms with Gasteiger partial charge in [0, 0.05) is 55.4 Å². The number of rotatable bonds is 8. The van der Waals surface area contributed by atoms with Gasteiger partial charge < -0.3 is 21.1 Å². The summed E-state index contributed by atoms with van der Waals surface area (Å²) in [5.74, 6) is 0.683. The molecule has 3 saturated heterocycles. The molecule has 8 nitrogen and oxygen atoms in total. The minimum Gasteiger partial charge on any atom is -0.381 e. The molecule has 1 aromatic carbocycles. The average molecular weight is 581 g/mol. The number of carbonyl (C=O) groups excluding carboxylic acids is 1. The molecule has 5 rings (SSSR count). The van der Waals surface area contributed by atoms with Crippen molar-refractivity contribution in [2.45, 2.75) is 94.3 Å². The van der Waals surface area contributed by atoms with E-state index in [2.05, 4.69) is 10.6 Å². The third kappa shape index (κ3) is 7.16. The van der Waals surface area contributed by atoms with Crippen molar-refractivity contribution in [2.24, 2.45) is 17.6 Å². The van der Waals surface area contributed by atoms with Gasteiger partial charge in [0.25, 0.3) is 0 Å². The first-order valence-electron chi connectivity index (χ1n) is 14.9. The number of benzene rings is 1. The van der Waals surface area contributed by atoms with E-state index in [-0.39, 0.29) is 41.6 Å². The fraction of sp³-hybridized carbons (Fsp3) is 0.759. The van der Waals surface area contributed by atoms with Gasteiger partial charge in [-0.1, -0.05) is 36.6 Å². The lowest BCUT2D eigenvalue weighted by Gasteiger charge is -2.40. The lowest BCUT2D eigenvalue weighted by Crippen LogP contribution is -2.57. The minimum absolute atomic E-state index is 0.00677. The number of nitrogens with two attached hydrogens (primary N) is 1. The Hall–Kier alpha value is -1.23. The van der Waals surface area contributed by atoms with E-state index in [9.17, 15) is 13.2 Å². The number of ether oxygens (including phenoxy) is 1. The molecular weight excluding hydrogens is 536 g/mol. The Bertz CT molecular complexity index is 1070. The van der Waals surface area contributed by atoms with Crippen molar-refractivity contribution < 1.29 is 17.9 Å². The summed E-state index contributed by atoms with van der Waals surface area (Å²) >= 11 is 6.16. The number of amides is 1. The van der Waals surface area contributed by atoms with Crippen LogP contribution in [0.3, 0.4) is 0 Å². The maximum Gasteiger partial charge on any atom is 0.237 e. The predicted molar refractivity (Wildman–Crippen MR) is 154 cm³/mol. The molecule has 4 N–H and O–H groups in total. The van der Waals surface area contributed by atoms with Gasteiger partial charge in [-0.15, -0.1) is 0 Å². The number of fused-ring (bicyclic) bond motifs is 2. The highest BCUT2D eigenvalue weighted by atomic mass is 35.5. The van der Waals surface area contributed by atoms with Crippen molar-refractivity contribution in [3.05, 3.63) is 34.9 Å². The maximum absolute atomic E-state index is 13.7. The zero-order valence-electron chi connectivity index (χ0n) is 22.9. The monoisotopic (exact) mass is 580 g/mol. The van der Waals surface area contributed by atoms with Gasteiger partial charge >= 0.3 is 0 Å². The number of hydrogen-bond acceptors (Lipinski definition) is 6. The topological polar surface area (TPSA) is 114 Å². The molecule has 218 valence electrons. The molecule has 2 bridgehead atoms. The summed E-state index contributed by atoms with van der Waals surface area (Å²) in [5, 5.41) is 7.61. The van der Waals surface area contributed by atoms with Crippen LogP contribution in [0.2, 0.25) is 5.02 Å². The molecule has 0 spiro atoms. The maximum atomic E-state index is 13.7. The molecular formula is C29H45ClN4O4S. The smallest absolute Gasteiger partial charge is 0.237 e. The van der Waals surface area contributed by atoms with Gasteiger partial charge in [0.1, 0.15) is 0 Å². The van der Waals surface area contributed by atoms with E-state index >= 15 is 0 Å². The fourth-order valence-electron chi connectivity index (χ4n) is 7.37. The quantitative estimate of drug-likeness (QED) is 0.434. The van der Waals surface area contributed by atoms with E-state index in [1.54, 1.807) is 4.31 Å². The molecule has 10 heteroatoms. The zero-order chi connectivity index (χ0) is 27.4. The average Bonchev–Trinajstić information content (AvgIpc) is 3.06. The number of sulfonamides is 1. The summed E-state index contributed by atoms with van der Waals surface area (Å²) < 4.78 is 33.2. The summed E-state index contributed by atoms with van der Waals surface area (Å²) in [5.41, 5.74) is 7.80. The molecule has 0 radical (unpaired) electrons. The first-order valence-corrected chi connectivity index (χ1v) is 16.9. The van der Waals surface area contributed by atoms with Gasteiger partial charge in [-0.3, -0.25) is 4.79 Å². The highest BCUT2D eigenvalue weighted by Gasteiger charge is 2.39. The Kier molecular flexibility index (Phi) is 9.88. The van der Waals surface area contributed by atoms with E-state index in [0.717, 1.165) is 69.8 Å². The van der Waals surface area contributed by atoms with Crippen LogP contribution in [-0.2, 0) is 19.6 Å². The lowest BCUT2D eigenvalue weighted by molar-refractivity contribution is -0.124. The molecule has 3 aliphatic heterocycles. The normalized spacial score (nSPS) is 33.0. The van der Waals surface area contributed by atoms with Crippen LogP contribution in [0.15, 0.2) is 24.3 Å². The van der Waals surface area contributed by atoms with Crippen LogP contribution in [-0.4, -0.2) is 74.9 Å². The number of nitrogens with zero attached hydrogens (tertiary/aromatic N) is 1. The first-order chi connectivity index (χ1) is 18.8. The first kappa shape index (κ1) is 29.3. The molecule has 1 aliphatic carbocycles. The Morgan fingerprint density at radius 2 is 1.82 bits per heavy atom. The van der Waals surface area contributed by atoms with Gasteiger partial charge in [0.2, 0.25) is 15.9 Å². The molecule has 0 aromatic heterocycles. The molecule has 1 saturated carbocycles. The number of carbonyl (C=O) groups is 1. The van der Waals surface area contributed by atoms with Crippen molar-refractivity contribution in [1.82, 2.24) is 14.9 Å². The zero-order valence-corrected chi connectivity index (χ0v) is 24.5. The fourth-order valence-corrected chi connectivity index (χ4v) is 9.30. The third-order valence-electron chi connectivity index (χ3n) is 9.59. The molecule has 1 amide bonds. The summed E-state index contributed by atoms with van der Waals surface area (Å²) in [4.78, 5) is 13.7. The van der Waals surface area contributed by atoms with Crippen molar-refractivity contribution in [1.29, 1.82) is 0 Å². The highest BCUT2D eigenvalue weighted by Crippen LogP contribution is 2.36. The summed E-state index contributed by atoms with van der Waals surface area (Å²) in [6.07, 6.45) is 9.37. The number of piperazine rings is 1. The Balaban J connectivity index is 1.24. The summed E-state index contributed by atoms with van der Waals surface area (Å²) in [6, 6.07) is 7.42. The predicted octanol–water partition coefficient (Wildman–Crippen LogP) is 3.40. The van der Waals surface area contributed by atoms with Gasteiger partial charge in [-0.25, -0.2) is 8.42 Å². The van der Waals surface area contributed by atoms with Crippen LogP contribution in [0.1, 0.15) is 75.7 Å². The number of hydrogen-bond donors (Lipinski definition) is 3. The van der Waals surface area contributed by atoms with Crippen LogP contribution in [0, 0.1) is 11.8 Å². The van der Waals surface area contributed by atoms with E-state index in [0.29, 0.717) is 37.2 Å². The van der Waals surface area contributed by atoms with Gasteiger partial charge in [0.05, 0.1) is 11.8 Å². The largest absolute Gasteiger partial charge is 0.381 e. The van der Waals surface area contributed by atoms with Crippen LogP contribution < -0.4 is 16.4 Å². The minimum atomic E-state index is -3.20. The Morgan fingerprint density at radius 1 is 1.08 bits per heavy atom. The van der Waals surface area contributed by atoms with E-state index in [1.807, 2.05) is 24.3 Å². The van der Waals surface area contributed by atoms with Crippen molar-refractivity contribution in [3.63, 3.8) is 0 Å². The van der Waals surface area contributed by atoms with Crippen molar-refractivity contribution in [2.75, 3.05) is 32.1 Å². The SMILES string of the molecule is N[C@H](C(=O)N[C@H]1CCCC[C@@H]1CC[C@H]1CN[C@@H]2CCCS(=O)(=O)N1C2)[C@@H](c1ccc(Cl)cc1)C1CCOCC1. The standard InChI is InChI=1S/C29H45ClN4O4S/c30-23-10-7-21(8-11-23)27(22-13-15-38-16-14-22)28(31)29(35)33-26-6-2-1-4-20(26)9-12-25-18-32-24-5-3-17-39(36,37)34(25)19-24/h7-8,10-11,20,22,24-28,32H,1-6,9,12-19,31H2,(H,33,35)/t20-,24-,25+,26+,27+,28+/m1/s1. The van der Waals surface area contributed by atoms with E-state index < -0.39 is 16.1 Å². The van der Waals surface area contributed by atoms with Crippen molar-refractivity contribution in [3.8, 4) is 0 Å². The molecule has 3 heterocycles. The van der Waals surface area contributed by atoms with Crippen molar-refractivity contribution >= 4 is 27.5 Å². The Labute approximate surface area is 238 Å². The summed E-state index contributed by atoms with van der Waals surface area (Å²) in [6.45, 7) is 2.69. The van der Waals surface area contributed by atoms with Crippen LogP contribution in [0.4, 0.5) is 0 Å². The molecule has 1 unspecified atom stereocenters. The lowest BCUT2D eigenvalue weighted by atomic mass is 9.76. The third-order valence-corrected chi connectivity index (χ3v) is 11.8.